The van der Waals surface area contributed by atoms with E-state index in [2.05, 4.69) is 46.6 Å². The van der Waals surface area contributed by atoms with Crippen LogP contribution in [-0.2, 0) is 4.79 Å². The second kappa shape index (κ2) is 9.55. The number of hydrogen-bond donors (Lipinski definition) is 1. The van der Waals surface area contributed by atoms with Crippen LogP contribution in [0.4, 0.5) is 0 Å². The number of rotatable bonds is 4. The third-order valence-electron chi connectivity index (χ3n) is 5.68. The van der Waals surface area contributed by atoms with Gasteiger partial charge in [-0.05, 0) is 50.7 Å². The van der Waals surface area contributed by atoms with Gasteiger partial charge in [0.05, 0.1) is 0 Å². The van der Waals surface area contributed by atoms with Gasteiger partial charge in [-0.3, -0.25) is 14.7 Å². The zero-order chi connectivity index (χ0) is 19.2. The molecule has 3 rings (SSSR count). The Kier molecular flexibility index (Phi) is 7.13. The Bertz CT molecular complexity index is 624. The molecule has 2 aliphatic heterocycles. The molecule has 2 fully saturated rings. The summed E-state index contributed by atoms with van der Waals surface area (Å²) < 4.78 is 0. The molecule has 0 radical (unpaired) electrons. The van der Waals surface area contributed by atoms with Gasteiger partial charge in [0.1, 0.15) is 0 Å². The summed E-state index contributed by atoms with van der Waals surface area (Å²) in [5, 5.41) is 5.64. The maximum atomic E-state index is 11.6. The summed E-state index contributed by atoms with van der Waals surface area (Å²) >= 11 is 1.86. The van der Waals surface area contributed by atoms with Crippen LogP contribution in [0.2, 0.25) is 0 Å². The first-order valence-corrected chi connectivity index (χ1v) is 11.0. The average molecular weight is 392 g/mol. The number of carbonyl (C=O) groups is 1. The minimum Gasteiger partial charge on any atom is -0.357 e. The van der Waals surface area contributed by atoms with E-state index in [-0.39, 0.29) is 5.91 Å². The Morgan fingerprint density at radius 2 is 2.00 bits per heavy atom. The van der Waals surface area contributed by atoms with Crippen molar-refractivity contribution in [3.8, 4) is 0 Å². The van der Waals surface area contributed by atoms with E-state index in [4.69, 9.17) is 4.99 Å². The summed E-state index contributed by atoms with van der Waals surface area (Å²) in [4.78, 5) is 24.8. The Labute approximate surface area is 167 Å². The number of piperidine rings is 1. The smallest absolute Gasteiger partial charge is 0.219 e. The fourth-order valence-corrected chi connectivity index (χ4v) is 5.21. The topological polar surface area (TPSA) is 51.2 Å². The molecule has 0 aromatic carbocycles. The number of piperazine rings is 1. The van der Waals surface area contributed by atoms with Gasteiger partial charge in [0, 0.05) is 57.1 Å². The first kappa shape index (κ1) is 20.1. The molecule has 0 bridgehead atoms. The predicted molar refractivity (Wildman–Crippen MR) is 112 cm³/mol. The molecule has 2 atom stereocenters. The molecule has 1 amide bonds. The molecular formula is C20H33N5OS. The minimum atomic E-state index is 0.167. The summed E-state index contributed by atoms with van der Waals surface area (Å²) in [5.41, 5.74) is 0. The summed E-state index contributed by atoms with van der Waals surface area (Å²) in [6.45, 7) is 9.91. The Morgan fingerprint density at radius 1 is 1.26 bits per heavy atom. The minimum absolute atomic E-state index is 0.167. The molecule has 150 valence electrons. The van der Waals surface area contributed by atoms with Crippen LogP contribution in [0.25, 0.3) is 0 Å². The van der Waals surface area contributed by atoms with Crippen LogP contribution in [0.5, 0.6) is 0 Å². The molecule has 6 nitrogen and oxygen atoms in total. The molecule has 27 heavy (non-hydrogen) atoms. The lowest BCUT2D eigenvalue weighted by atomic mass is 9.88. The first-order valence-electron chi connectivity index (χ1n) is 10.1. The van der Waals surface area contributed by atoms with Crippen LogP contribution in [0.3, 0.4) is 0 Å². The zero-order valence-electron chi connectivity index (χ0n) is 16.9. The van der Waals surface area contributed by atoms with E-state index in [1.165, 1.54) is 17.7 Å². The number of aliphatic imine (C=N–C) groups is 1. The van der Waals surface area contributed by atoms with Gasteiger partial charge in [-0.25, -0.2) is 0 Å². The van der Waals surface area contributed by atoms with Crippen molar-refractivity contribution in [3.63, 3.8) is 0 Å². The molecule has 0 saturated carbocycles. The van der Waals surface area contributed by atoms with E-state index < -0.39 is 0 Å². The van der Waals surface area contributed by atoms with Crippen molar-refractivity contribution in [1.82, 2.24) is 20.0 Å². The van der Waals surface area contributed by atoms with Crippen LogP contribution < -0.4 is 5.32 Å². The second-order valence-electron chi connectivity index (χ2n) is 7.53. The SMILES string of the molecule is CCNC(=NCC1CCCN(C)C1c1cccs1)N1CCN(C(C)=O)CC1. The average Bonchev–Trinajstić information content (AvgIpc) is 3.19. The van der Waals surface area contributed by atoms with Gasteiger partial charge < -0.3 is 15.1 Å². The van der Waals surface area contributed by atoms with E-state index in [0.29, 0.717) is 12.0 Å². The van der Waals surface area contributed by atoms with Crippen molar-refractivity contribution in [1.29, 1.82) is 0 Å². The highest BCUT2D eigenvalue weighted by molar-refractivity contribution is 7.10. The number of amides is 1. The van der Waals surface area contributed by atoms with Crippen LogP contribution in [-0.4, -0.2) is 79.4 Å². The van der Waals surface area contributed by atoms with Gasteiger partial charge in [0.15, 0.2) is 5.96 Å². The van der Waals surface area contributed by atoms with Gasteiger partial charge in [-0.2, -0.15) is 0 Å². The standard InChI is InChI=1S/C20H33N5OS/c1-4-21-20(25-12-10-24(11-13-25)16(2)26)22-15-17-7-5-9-23(3)19(17)18-8-6-14-27-18/h6,8,14,17,19H,4-5,7,9-13,15H2,1-3H3,(H,21,22). The van der Waals surface area contributed by atoms with Gasteiger partial charge in [0.2, 0.25) is 5.91 Å². The van der Waals surface area contributed by atoms with Gasteiger partial charge in [-0.15, -0.1) is 11.3 Å². The first-order chi connectivity index (χ1) is 13.1. The lowest BCUT2D eigenvalue weighted by Crippen LogP contribution is -2.53. The highest BCUT2D eigenvalue weighted by Gasteiger charge is 2.31. The Morgan fingerprint density at radius 3 is 2.63 bits per heavy atom. The fourth-order valence-electron chi connectivity index (χ4n) is 4.22. The molecule has 2 saturated heterocycles. The summed E-state index contributed by atoms with van der Waals surface area (Å²) in [7, 11) is 2.24. The van der Waals surface area contributed by atoms with Gasteiger partial charge >= 0.3 is 0 Å². The van der Waals surface area contributed by atoms with E-state index in [0.717, 1.165) is 51.8 Å². The third-order valence-corrected chi connectivity index (χ3v) is 6.62. The molecular weight excluding hydrogens is 358 g/mol. The van der Waals surface area contributed by atoms with Crippen molar-refractivity contribution >= 4 is 23.2 Å². The Hall–Kier alpha value is -1.60. The third kappa shape index (κ3) is 5.02. The van der Waals surface area contributed by atoms with Crippen molar-refractivity contribution < 1.29 is 4.79 Å². The molecule has 0 aliphatic carbocycles. The summed E-state index contributed by atoms with van der Waals surface area (Å²) in [6.07, 6.45) is 2.47. The fraction of sp³-hybridized carbons (Fsp3) is 0.700. The number of thiophene rings is 1. The van der Waals surface area contributed by atoms with E-state index in [9.17, 15) is 4.79 Å². The largest absolute Gasteiger partial charge is 0.357 e. The highest BCUT2D eigenvalue weighted by Crippen LogP contribution is 2.37. The lowest BCUT2D eigenvalue weighted by molar-refractivity contribution is -0.130. The molecule has 2 aliphatic rings. The number of carbonyl (C=O) groups excluding carboxylic acids is 1. The maximum absolute atomic E-state index is 11.6. The van der Waals surface area contributed by atoms with Crippen LogP contribution in [0.15, 0.2) is 22.5 Å². The van der Waals surface area contributed by atoms with Gasteiger partial charge in [0.25, 0.3) is 0 Å². The van der Waals surface area contributed by atoms with Crippen LogP contribution in [0, 0.1) is 5.92 Å². The van der Waals surface area contributed by atoms with Crippen molar-refractivity contribution in [3.05, 3.63) is 22.4 Å². The number of likely N-dealkylation sites (tertiary alicyclic amines) is 1. The quantitative estimate of drug-likeness (QED) is 0.632. The second-order valence-corrected chi connectivity index (χ2v) is 8.51. The molecule has 3 heterocycles. The Balaban J connectivity index is 1.67. The zero-order valence-corrected chi connectivity index (χ0v) is 17.7. The van der Waals surface area contributed by atoms with Crippen LogP contribution >= 0.6 is 11.3 Å². The molecule has 2 unspecified atom stereocenters. The number of hydrogen-bond acceptors (Lipinski definition) is 4. The number of nitrogens with one attached hydrogen (secondary N) is 1. The van der Waals surface area contributed by atoms with Crippen molar-refractivity contribution in [2.75, 3.05) is 52.9 Å². The monoisotopic (exact) mass is 391 g/mol. The molecule has 1 aromatic rings. The van der Waals surface area contributed by atoms with E-state index >= 15 is 0 Å². The summed E-state index contributed by atoms with van der Waals surface area (Å²) in [5.74, 6) is 1.72. The number of nitrogens with zero attached hydrogens (tertiary/aromatic N) is 4. The van der Waals surface area contributed by atoms with Crippen LogP contribution in [0.1, 0.15) is 37.6 Å². The van der Waals surface area contributed by atoms with E-state index in [1.54, 1.807) is 6.92 Å². The maximum Gasteiger partial charge on any atom is 0.219 e. The molecule has 0 spiro atoms. The molecule has 7 heteroatoms. The number of guanidine groups is 1. The predicted octanol–water partition coefficient (Wildman–Crippen LogP) is 2.26. The van der Waals surface area contributed by atoms with Gasteiger partial charge in [-0.1, -0.05) is 6.07 Å². The summed E-state index contributed by atoms with van der Waals surface area (Å²) in [6, 6.07) is 4.89. The van der Waals surface area contributed by atoms with Crippen molar-refractivity contribution in [2.45, 2.75) is 32.7 Å². The molecule has 1 aromatic heterocycles. The lowest BCUT2D eigenvalue weighted by Gasteiger charge is -2.39. The van der Waals surface area contributed by atoms with Crippen molar-refractivity contribution in [2.24, 2.45) is 10.9 Å². The normalized spacial score (nSPS) is 24.9. The van der Waals surface area contributed by atoms with E-state index in [1.807, 2.05) is 16.2 Å². The molecule has 1 N–H and O–H groups in total. The highest BCUT2D eigenvalue weighted by atomic mass is 32.1.